The molecule has 0 aliphatic carbocycles. The summed E-state index contributed by atoms with van der Waals surface area (Å²) < 4.78 is 31.7. The smallest absolute Gasteiger partial charge is 0.327 e. The van der Waals surface area contributed by atoms with Gasteiger partial charge in [0, 0.05) is 5.57 Å². The second-order valence-corrected chi connectivity index (χ2v) is 5.58. The second kappa shape index (κ2) is 6.13. The minimum atomic E-state index is -4.28. The topological polar surface area (TPSA) is 69.7 Å². The van der Waals surface area contributed by atoms with Crippen molar-refractivity contribution in [2.24, 2.45) is 0 Å². The monoisotopic (exact) mass is 266 g/mol. The van der Waals surface area contributed by atoms with Crippen molar-refractivity contribution < 1.29 is 26.1 Å². The molecule has 0 bridgehead atoms. The van der Waals surface area contributed by atoms with E-state index in [2.05, 4.69) is 14.9 Å². The zero-order chi connectivity index (χ0) is 13.7. The van der Waals surface area contributed by atoms with Crippen LogP contribution in [0.5, 0.6) is 0 Å². The molecule has 0 rings (SSSR count). The van der Waals surface area contributed by atoms with E-state index in [0.717, 1.165) is 6.54 Å². The molecule has 100 valence electrons. The summed E-state index contributed by atoms with van der Waals surface area (Å²) in [6.45, 7) is 7.92. The summed E-state index contributed by atoms with van der Waals surface area (Å²) in [6, 6.07) is 0. The summed E-state index contributed by atoms with van der Waals surface area (Å²) in [4.78, 5) is 11.0. The summed E-state index contributed by atoms with van der Waals surface area (Å²) in [5.74, 6) is -1.01. The van der Waals surface area contributed by atoms with Gasteiger partial charge in [-0.05, 0) is 13.8 Å². The first kappa shape index (κ1) is 16.1. The van der Waals surface area contributed by atoms with Crippen LogP contribution in [-0.4, -0.2) is 52.7 Å². The molecule has 0 N–H and O–H groups in total. The van der Waals surface area contributed by atoms with E-state index in [-0.39, 0.29) is 12.2 Å². The molecule has 0 fully saturated rings. The van der Waals surface area contributed by atoms with Gasteiger partial charge >= 0.3 is 16.4 Å². The third-order valence-corrected chi connectivity index (χ3v) is 3.12. The standard InChI is InChI=1S/C10H20NO5S/c1-6-11(4,5)7-8-15-17(13,14)16-10(12)9(2)3/h2,6-8H2,1,3-5H3/q+1. The van der Waals surface area contributed by atoms with Gasteiger partial charge in [-0.15, -0.1) is 0 Å². The van der Waals surface area contributed by atoms with Crippen molar-refractivity contribution in [2.45, 2.75) is 13.8 Å². The van der Waals surface area contributed by atoms with E-state index < -0.39 is 16.4 Å². The van der Waals surface area contributed by atoms with Crippen molar-refractivity contribution in [3.8, 4) is 0 Å². The summed E-state index contributed by atoms with van der Waals surface area (Å²) in [5.41, 5.74) is 0.00171. The SMILES string of the molecule is C=C(C)C(=O)OS(=O)(=O)OCC[N+](C)(C)CC. The molecule has 0 amide bonds. The highest BCUT2D eigenvalue weighted by atomic mass is 32.3. The van der Waals surface area contributed by atoms with Gasteiger partial charge in [-0.1, -0.05) is 6.58 Å². The molecule has 0 saturated carbocycles. The molecule has 0 aromatic rings. The van der Waals surface area contributed by atoms with Gasteiger partial charge in [0.05, 0.1) is 20.6 Å². The van der Waals surface area contributed by atoms with E-state index in [9.17, 15) is 13.2 Å². The van der Waals surface area contributed by atoms with Crippen LogP contribution in [0.15, 0.2) is 12.2 Å². The molecule has 0 aliphatic heterocycles. The van der Waals surface area contributed by atoms with Crippen LogP contribution in [0.3, 0.4) is 0 Å². The van der Waals surface area contributed by atoms with E-state index in [1.54, 1.807) is 0 Å². The van der Waals surface area contributed by atoms with Crippen molar-refractivity contribution in [3.63, 3.8) is 0 Å². The van der Waals surface area contributed by atoms with Gasteiger partial charge < -0.3 is 8.67 Å². The van der Waals surface area contributed by atoms with Crippen LogP contribution in [0, 0.1) is 0 Å². The van der Waals surface area contributed by atoms with Gasteiger partial charge in [-0.2, -0.15) is 8.42 Å². The summed E-state index contributed by atoms with van der Waals surface area (Å²) in [6.07, 6.45) is 0. The van der Waals surface area contributed by atoms with Gasteiger partial charge in [0.15, 0.2) is 0 Å². The van der Waals surface area contributed by atoms with E-state index in [1.807, 2.05) is 21.0 Å². The maximum absolute atomic E-state index is 11.2. The van der Waals surface area contributed by atoms with Crippen LogP contribution in [0.4, 0.5) is 0 Å². The zero-order valence-electron chi connectivity index (χ0n) is 10.7. The van der Waals surface area contributed by atoms with Crippen molar-refractivity contribution in [3.05, 3.63) is 12.2 Å². The Hall–Kier alpha value is -0.920. The molecule has 0 atom stereocenters. The molecule has 0 aromatic carbocycles. The van der Waals surface area contributed by atoms with E-state index in [1.165, 1.54) is 6.92 Å². The van der Waals surface area contributed by atoms with Gasteiger partial charge in [-0.25, -0.2) is 8.98 Å². The van der Waals surface area contributed by atoms with Crippen molar-refractivity contribution >= 4 is 16.4 Å². The lowest BCUT2D eigenvalue weighted by molar-refractivity contribution is -0.888. The maximum atomic E-state index is 11.2. The number of nitrogens with zero attached hydrogens (tertiary/aromatic N) is 1. The minimum Gasteiger partial charge on any atom is -0.327 e. The third kappa shape index (κ3) is 7.09. The lowest BCUT2D eigenvalue weighted by Gasteiger charge is -2.27. The number of rotatable bonds is 7. The summed E-state index contributed by atoms with van der Waals surface area (Å²) in [5, 5.41) is 0. The third-order valence-electron chi connectivity index (χ3n) is 2.31. The van der Waals surface area contributed by atoms with Crippen LogP contribution in [0.2, 0.25) is 0 Å². The Bertz CT molecular complexity index is 386. The molecular weight excluding hydrogens is 246 g/mol. The van der Waals surface area contributed by atoms with Crippen LogP contribution in [-0.2, 0) is 23.6 Å². The molecule has 6 nitrogen and oxygen atoms in total. The van der Waals surface area contributed by atoms with Crippen LogP contribution >= 0.6 is 0 Å². The number of hydrogen-bond donors (Lipinski definition) is 0. The fourth-order valence-electron chi connectivity index (χ4n) is 0.732. The fourth-order valence-corrected chi connectivity index (χ4v) is 1.39. The van der Waals surface area contributed by atoms with Crippen LogP contribution < -0.4 is 0 Å². The lowest BCUT2D eigenvalue weighted by atomic mass is 10.4. The Balaban J connectivity index is 4.21. The average Bonchev–Trinajstić information content (AvgIpc) is 2.16. The molecule has 0 heterocycles. The van der Waals surface area contributed by atoms with Gasteiger partial charge in [0.25, 0.3) is 0 Å². The highest BCUT2D eigenvalue weighted by Crippen LogP contribution is 2.03. The highest BCUT2D eigenvalue weighted by Gasteiger charge is 2.20. The first-order valence-electron chi connectivity index (χ1n) is 5.20. The van der Waals surface area contributed by atoms with Crippen molar-refractivity contribution in [1.82, 2.24) is 0 Å². The van der Waals surface area contributed by atoms with Gasteiger partial charge in [0.1, 0.15) is 13.2 Å². The average molecular weight is 266 g/mol. The Morgan fingerprint density at radius 2 is 1.88 bits per heavy atom. The van der Waals surface area contributed by atoms with Crippen LogP contribution in [0.1, 0.15) is 13.8 Å². The zero-order valence-corrected chi connectivity index (χ0v) is 11.5. The predicted octanol–water partition coefficient (Wildman–Crippen LogP) is 0.463. The lowest BCUT2D eigenvalue weighted by Crippen LogP contribution is -2.42. The molecule has 0 saturated heterocycles. The number of carbonyl (C=O) groups is 1. The number of carbonyl (C=O) groups excluding carboxylic acids is 1. The Labute approximate surface area is 103 Å². The van der Waals surface area contributed by atoms with Crippen molar-refractivity contribution in [1.29, 1.82) is 0 Å². The predicted molar refractivity (Wildman–Crippen MR) is 63.3 cm³/mol. The number of quaternary nitrogens is 1. The largest absolute Gasteiger partial charge is 0.452 e. The molecule has 0 spiro atoms. The molecule has 0 unspecified atom stereocenters. The quantitative estimate of drug-likeness (QED) is 0.494. The number of hydrogen-bond acceptors (Lipinski definition) is 5. The van der Waals surface area contributed by atoms with Gasteiger partial charge in [-0.3, -0.25) is 0 Å². The van der Waals surface area contributed by atoms with Crippen molar-refractivity contribution in [2.75, 3.05) is 33.8 Å². The molecular formula is C10H20NO5S+. The normalized spacial score (nSPS) is 12.2. The molecule has 0 aromatic heterocycles. The molecule has 7 heteroatoms. The first-order valence-corrected chi connectivity index (χ1v) is 6.53. The Morgan fingerprint density at radius 3 is 2.29 bits per heavy atom. The van der Waals surface area contributed by atoms with E-state index in [4.69, 9.17) is 0 Å². The van der Waals surface area contributed by atoms with E-state index in [0.29, 0.717) is 11.0 Å². The molecule has 0 radical (unpaired) electrons. The Kier molecular flexibility index (Phi) is 5.80. The summed E-state index contributed by atoms with van der Waals surface area (Å²) >= 11 is 0. The summed E-state index contributed by atoms with van der Waals surface area (Å²) in [7, 11) is -0.396. The number of likely N-dealkylation sites (N-methyl/N-ethyl adjacent to an activating group) is 1. The molecule has 17 heavy (non-hydrogen) atoms. The van der Waals surface area contributed by atoms with Gasteiger partial charge in [0.2, 0.25) is 0 Å². The fraction of sp³-hybridized carbons (Fsp3) is 0.700. The Morgan fingerprint density at radius 1 is 1.35 bits per heavy atom. The second-order valence-electron chi connectivity index (χ2n) is 4.36. The van der Waals surface area contributed by atoms with E-state index >= 15 is 0 Å². The van der Waals surface area contributed by atoms with Crippen LogP contribution in [0.25, 0.3) is 0 Å². The molecule has 0 aliphatic rings. The first-order chi connectivity index (χ1) is 7.59. The maximum Gasteiger partial charge on any atom is 0.452 e. The minimum absolute atomic E-state index is 0.00171. The highest BCUT2D eigenvalue weighted by molar-refractivity contribution is 7.82.